The predicted octanol–water partition coefficient (Wildman–Crippen LogP) is 1.23. The van der Waals surface area contributed by atoms with Gasteiger partial charge in [0.15, 0.2) is 5.56 Å². The molecule has 3 heteroatoms. The van der Waals surface area contributed by atoms with E-state index in [-0.39, 0.29) is 5.56 Å². The molecule has 0 N–H and O–H groups in total. The van der Waals surface area contributed by atoms with Gasteiger partial charge in [0.05, 0.1) is 6.61 Å². The second kappa shape index (κ2) is 5.35. The first kappa shape index (κ1) is 8.21. The number of hydrogen-bond acceptors (Lipinski definition) is 2. The molecule has 50 valence electrons. The molecule has 8 heavy (non-hydrogen) atoms. The Morgan fingerprint density at radius 2 is 2.25 bits per heavy atom. The van der Waals surface area contributed by atoms with Crippen molar-refractivity contribution >= 4 is 11.6 Å². The normalized spacial score (nSPS) is 13.9. The minimum absolute atomic E-state index is 0.296. The summed E-state index contributed by atoms with van der Waals surface area (Å²) >= 11 is 5.50. The van der Waals surface area contributed by atoms with E-state index >= 15 is 0 Å². The van der Waals surface area contributed by atoms with Crippen LogP contribution in [-0.2, 0) is 9.47 Å². The molecule has 1 atom stereocenters. The van der Waals surface area contributed by atoms with E-state index < -0.39 is 0 Å². The summed E-state index contributed by atoms with van der Waals surface area (Å²) in [5.41, 5.74) is -0.296. The maximum Gasteiger partial charge on any atom is 0.153 e. The van der Waals surface area contributed by atoms with Crippen molar-refractivity contribution in [2.75, 3.05) is 20.3 Å². The standard InChI is InChI=1S/C5H11ClO2/c1-3-8-4-5(6)7-2/h5H,3-4H2,1-2H3/t5-/m1/s1. The minimum Gasteiger partial charge on any atom is -0.378 e. The largest absolute Gasteiger partial charge is 0.378 e. The molecule has 0 aliphatic heterocycles. The fraction of sp³-hybridized carbons (Fsp3) is 1.00. The third-order valence-electron chi connectivity index (χ3n) is 0.709. The molecule has 0 spiro atoms. The first-order chi connectivity index (χ1) is 3.81. The van der Waals surface area contributed by atoms with Crippen molar-refractivity contribution in [3.05, 3.63) is 0 Å². The third kappa shape index (κ3) is 4.37. The van der Waals surface area contributed by atoms with Crippen LogP contribution in [0.25, 0.3) is 0 Å². The van der Waals surface area contributed by atoms with Crippen molar-refractivity contribution in [2.24, 2.45) is 0 Å². The number of methoxy groups -OCH3 is 1. The molecule has 0 radical (unpaired) electrons. The molecule has 0 rings (SSSR count). The van der Waals surface area contributed by atoms with Crippen LogP contribution in [0.2, 0.25) is 0 Å². The fourth-order valence-corrected chi connectivity index (χ4v) is 0.368. The minimum atomic E-state index is -0.296. The molecule has 0 saturated carbocycles. The summed E-state index contributed by atoms with van der Waals surface area (Å²) in [5.74, 6) is 0. The maximum atomic E-state index is 5.50. The Hall–Kier alpha value is 0.210. The fourth-order valence-electron chi connectivity index (χ4n) is 0.279. The monoisotopic (exact) mass is 138 g/mol. The van der Waals surface area contributed by atoms with Gasteiger partial charge in [-0.15, -0.1) is 0 Å². The molecule has 2 nitrogen and oxygen atoms in total. The van der Waals surface area contributed by atoms with Crippen molar-refractivity contribution in [1.82, 2.24) is 0 Å². The van der Waals surface area contributed by atoms with E-state index in [9.17, 15) is 0 Å². The topological polar surface area (TPSA) is 18.5 Å². The summed E-state index contributed by atoms with van der Waals surface area (Å²) in [6.45, 7) is 3.07. The summed E-state index contributed by atoms with van der Waals surface area (Å²) in [6, 6.07) is 0. The smallest absolute Gasteiger partial charge is 0.153 e. The summed E-state index contributed by atoms with van der Waals surface area (Å²) in [4.78, 5) is 0. The number of alkyl halides is 1. The average molecular weight is 139 g/mol. The van der Waals surface area contributed by atoms with E-state index in [2.05, 4.69) is 0 Å². The first-order valence-corrected chi connectivity index (χ1v) is 2.99. The second-order valence-corrected chi connectivity index (χ2v) is 1.79. The van der Waals surface area contributed by atoms with Gasteiger partial charge in [-0.05, 0) is 6.92 Å². The zero-order valence-corrected chi connectivity index (χ0v) is 5.94. The molecular formula is C5H11ClO2. The van der Waals surface area contributed by atoms with Crippen LogP contribution in [0.15, 0.2) is 0 Å². The van der Waals surface area contributed by atoms with Crippen LogP contribution in [0, 0.1) is 0 Å². The second-order valence-electron chi connectivity index (χ2n) is 1.31. The molecule has 0 aromatic carbocycles. The van der Waals surface area contributed by atoms with Crippen molar-refractivity contribution in [3.8, 4) is 0 Å². The molecule has 0 aromatic heterocycles. The zero-order chi connectivity index (χ0) is 6.41. The Morgan fingerprint density at radius 1 is 1.62 bits per heavy atom. The third-order valence-corrected chi connectivity index (χ3v) is 1.01. The van der Waals surface area contributed by atoms with Crippen LogP contribution in [0.1, 0.15) is 6.92 Å². The Labute approximate surface area is 54.7 Å². The predicted molar refractivity (Wildman–Crippen MR) is 33.1 cm³/mol. The van der Waals surface area contributed by atoms with E-state index in [1.54, 1.807) is 7.11 Å². The van der Waals surface area contributed by atoms with Crippen molar-refractivity contribution in [1.29, 1.82) is 0 Å². The van der Waals surface area contributed by atoms with E-state index in [0.29, 0.717) is 13.2 Å². The lowest BCUT2D eigenvalue weighted by Crippen LogP contribution is -2.10. The van der Waals surface area contributed by atoms with Gasteiger partial charge >= 0.3 is 0 Å². The zero-order valence-electron chi connectivity index (χ0n) is 5.19. The average Bonchev–Trinajstić information content (AvgIpc) is 1.83. The van der Waals surface area contributed by atoms with Gasteiger partial charge in [-0.3, -0.25) is 0 Å². The molecule has 0 aliphatic rings. The van der Waals surface area contributed by atoms with E-state index in [0.717, 1.165) is 0 Å². The molecule has 0 unspecified atom stereocenters. The van der Waals surface area contributed by atoms with Crippen molar-refractivity contribution in [2.45, 2.75) is 12.5 Å². The van der Waals surface area contributed by atoms with Gasteiger partial charge in [0.25, 0.3) is 0 Å². The van der Waals surface area contributed by atoms with Gasteiger partial charge in [-0.25, -0.2) is 0 Å². The quantitative estimate of drug-likeness (QED) is 0.545. The number of ether oxygens (including phenoxy) is 2. The van der Waals surface area contributed by atoms with Crippen LogP contribution in [0.3, 0.4) is 0 Å². The molecule has 0 amide bonds. The van der Waals surface area contributed by atoms with E-state index in [1.807, 2.05) is 6.92 Å². The molecular weight excluding hydrogens is 128 g/mol. The molecule has 0 aromatic rings. The van der Waals surface area contributed by atoms with E-state index in [4.69, 9.17) is 21.1 Å². The number of rotatable bonds is 4. The number of hydrogen-bond donors (Lipinski definition) is 0. The van der Waals surface area contributed by atoms with Gasteiger partial charge in [0.1, 0.15) is 0 Å². The highest BCUT2D eigenvalue weighted by Crippen LogP contribution is 1.95. The van der Waals surface area contributed by atoms with Crippen LogP contribution < -0.4 is 0 Å². The SMILES string of the molecule is CCOC[C@H](Cl)OC. The van der Waals surface area contributed by atoms with Crippen molar-refractivity contribution < 1.29 is 9.47 Å². The molecule has 0 bridgehead atoms. The van der Waals surface area contributed by atoms with Crippen LogP contribution in [0.4, 0.5) is 0 Å². The van der Waals surface area contributed by atoms with Gasteiger partial charge in [0, 0.05) is 13.7 Å². The van der Waals surface area contributed by atoms with E-state index in [1.165, 1.54) is 0 Å². The van der Waals surface area contributed by atoms with Gasteiger partial charge < -0.3 is 9.47 Å². The summed E-state index contributed by atoms with van der Waals surface area (Å²) in [7, 11) is 1.55. The Morgan fingerprint density at radius 3 is 2.62 bits per heavy atom. The molecule has 0 heterocycles. The lowest BCUT2D eigenvalue weighted by molar-refractivity contribution is 0.0555. The van der Waals surface area contributed by atoms with Crippen LogP contribution in [0.5, 0.6) is 0 Å². The lowest BCUT2D eigenvalue weighted by atomic mass is 10.7. The molecule has 0 saturated heterocycles. The van der Waals surface area contributed by atoms with Gasteiger partial charge in [0.2, 0.25) is 0 Å². The summed E-state index contributed by atoms with van der Waals surface area (Å²) in [5, 5.41) is 0. The Bertz CT molecular complexity index is 49.7. The lowest BCUT2D eigenvalue weighted by Gasteiger charge is -2.04. The molecule has 0 fully saturated rings. The van der Waals surface area contributed by atoms with Gasteiger partial charge in [-0.1, -0.05) is 11.6 Å². The Balaban J connectivity index is 2.86. The highest BCUT2D eigenvalue weighted by atomic mass is 35.5. The Kier molecular flexibility index (Phi) is 5.49. The van der Waals surface area contributed by atoms with Crippen molar-refractivity contribution in [3.63, 3.8) is 0 Å². The molecule has 0 aliphatic carbocycles. The van der Waals surface area contributed by atoms with Gasteiger partial charge in [-0.2, -0.15) is 0 Å². The first-order valence-electron chi connectivity index (χ1n) is 2.55. The number of halogens is 1. The highest BCUT2D eigenvalue weighted by molar-refractivity contribution is 6.19. The summed E-state index contributed by atoms with van der Waals surface area (Å²) < 4.78 is 9.62. The summed E-state index contributed by atoms with van der Waals surface area (Å²) in [6.07, 6.45) is 0. The van der Waals surface area contributed by atoms with Crippen LogP contribution >= 0.6 is 11.6 Å². The van der Waals surface area contributed by atoms with Crippen LogP contribution in [-0.4, -0.2) is 25.9 Å². The highest BCUT2D eigenvalue weighted by Gasteiger charge is 1.97. The maximum absolute atomic E-state index is 5.50.